The quantitative estimate of drug-likeness (QED) is 0.383. The molecule has 0 radical (unpaired) electrons. The smallest absolute Gasteiger partial charge is 0.0771 e. The third kappa shape index (κ3) is 7.89. The van der Waals surface area contributed by atoms with Crippen molar-refractivity contribution in [3.05, 3.63) is 7.66 Å². The van der Waals surface area contributed by atoms with Crippen molar-refractivity contribution in [2.45, 2.75) is 4.05 Å². The fraction of sp³-hybridized carbons (Fsp3) is 0.333. The first kappa shape index (κ1) is 8.89. The van der Waals surface area contributed by atoms with Crippen LogP contribution in [0.15, 0.2) is 7.66 Å². The maximum absolute atomic E-state index is 5.39. The van der Waals surface area contributed by atoms with Gasteiger partial charge in [0.1, 0.15) is 0 Å². The van der Waals surface area contributed by atoms with Gasteiger partial charge in [-0.1, -0.05) is 22.6 Å². The summed E-state index contributed by atoms with van der Waals surface area (Å²) in [5, 5.41) is 0. The van der Waals surface area contributed by atoms with E-state index in [1.54, 1.807) is 0 Å². The monoisotopic (exact) mass is 435 g/mol. The van der Waals surface area contributed by atoms with E-state index in [0.29, 0.717) is 0 Å². The summed E-state index contributed by atoms with van der Waals surface area (Å²) in [6.45, 7) is 0. The van der Waals surface area contributed by atoms with Gasteiger partial charge in [-0.15, -0.1) is 0 Å². The number of alkyl halides is 1. The summed E-state index contributed by atoms with van der Waals surface area (Å²) in [7, 11) is 0. The van der Waals surface area contributed by atoms with Gasteiger partial charge in [-0.3, -0.25) is 0 Å². The fourth-order valence-corrected chi connectivity index (χ4v) is 2.63. The van der Waals surface area contributed by atoms with Crippen LogP contribution in [0.5, 0.6) is 0 Å². The van der Waals surface area contributed by atoms with Crippen LogP contribution in [0.2, 0.25) is 0 Å². The van der Waals surface area contributed by atoms with E-state index in [1.165, 1.54) is 1.59 Å². The minimum Gasteiger partial charge on any atom is -0.316 e. The first-order valence-electron chi connectivity index (χ1n) is 1.55. The van der Waals surface area contributed by atoms with E-state index in [2.05, 4.69) is 67.8 Å². The normalized spacial score (nSPS) is 13.1. The second kappa shape index (κ2) is 4.74. The van der Waals surface area contributed by atoms with Crippen molar-refractivity contribution in [1.29, 1.82) is 0 Å². The Labute approximate surface area is 83.9 Å². The zero-order chi connectivity index (χ0) is 5.86. The van der Waals surface area contributed by atoms with Crippen molar-refractivity contribution in [2.75, 3.05) is 0 Å². The molecule has 0 aliphatic heterocycles. The number of halogens is 3. The molecule has 0 aliphatic carbocycles. The molecule has 1 nitrogen and oxygen atoms in total. The van der Waals surface area contributed by atoms with Gasteiger partial charge in [0.05, 0.1) is 4.05 Å². The third-order valence-corrected chi connectivity index (χ3v) is 1.36. The summed E-state index contributed by atoms with van der Waals surface area (Å²) in [4.78, 5) is 0. The molecule has 1 atom stereocenters. The number of hydrogen-bond acceptors (Lipinski definition) is 1. The van der Waals surface area contributed by atoms with Gasteiger partial charge >= 0.3 is 0 Å². The summed E-state index contributed by atoms with van der Waals surface area (Å²) in [6.07, 6.45) is 1.99. The Morgan fingerprint density at radius 1 is 1.57 bits per heavy atom. The summed E-state index contributed by atoms with van der Waals surface area (Å²) < 4.78 is 1.39. The first-order chi connectivity index (χ1) is 3.13. The zero-order valence-corrected chi connectivity index (χ0v) is 9.84. The van der Waals surface area contributed by atoms with Gasteiger partial charge in [-0.25, -0.2) is 0 Å². The van der Waals surface area contributed by atoms with Crippen LogP contribution in [0.25, 0.3) is 0 Å². The molecule has 42 valence electrons. The molecule has 0 amide bonds. The second-order valence-electron chi connectivity index (χ2n) is 0.901. The Kier molecular flexibility index (Phi) is 6.02. The lowest BCUT2D eigenvalue weighted by atomic mass is 10.7. The minimum absolute atomic E-state index is 0.168. The van der Waals surface area contributed by atoms with E-state index < -0.39 is 0 Å². The largest absolute Gasteiger partial charge is 0.316 e. The van der Waals surface area contributed by atoms with Gasteiger partial charge in [0.25, 0.3) is 0 Å². The molecule has 0 rings (SSSR count). The van der Waals surface area contributed by atoms with Gasteiger partial charge in [0.2, 0.25) is 0 Å². The second-order valence-corrected chi connectivity index (χ2v) is 6.73. The molecule has 0 saturated heterocycles. The molecule has 1 unspecified atom stereocenters. The molecule has 2 N–H and O–H groups in total. The molecule has 0 fully saturated rings. The van der Waals surface area contributed by atoms with Gasteiger partial charge in [0, 0.05) is 1.59 Å². The first-order valence-corrected chi connectivity index (χ1v) is 4.95. The third-order valence-electron chi connectivity index (χ3n) is 0.285. The van der Waals surface area contributed by atoms with Crippen LogP contribution in [0, 0.1) is 0 Å². The van der Waals surface area contributed by atoms with Crippen LogP contribution in [0.3, 0.4) is 0 Å². The molecule has 0 saturated carbocycles. The van der Waals surface area contributed by atoms with Crippen LogP contribution in [0.4, 0.5) is 0 Å². The minimum atomic E-state index is 0.168. The zero-order valence-electron chi connectivity index (χ0n) is 3.37. The lowest BCUT2D eigenvalue weighted by Gasteiger charge is -1.89. The standard InChI is InChI=1S/C3H4I3N/c4-2(5)1-3(6)7/h1,3H,7H2. The van der Waals surface area contributed by atoms with E-state index in [4.69, 9.17) is 5.73 Å². The van der Waals surface area contributed by atoms with Crippen LogP contribution in [-0.4, -0.2) is 4.05 Å². The predicted octanol–water partition coefficient (Wildman–Crippen LogP) is 2.42. The Balaban J connectivity index is 3.45. The lowest BCUT2D eigenvalue weighted by molar-refractivity contribution is 1.21. The highest BCUT2D eigenvalue weighted by molar-refractivity contribution is 14.2. The van der Waals surface area contributed by atoms with Crippen LogP contribution in [0.1, 0.15) is 0 Å². The molecule has 0 aromatic rings. The van der Waals surface area contributed by atoms with Crippen molar-refractivity contribution in [1.82, 2.24) is 0 Å². The highest BCUT2D eigenvalue weighted by Gasteiger charge is 1.87. The SMILES string of the molecule is NC(I)C=C(I)I. The molecule has 0 aromatic heterocycles. The Bertz CT molecular complexity index is 74.2. The van der Waals surface area contributed by atoms with Crippen LogP contribution in [-0.2, 0) is 0 Å². The van der Waals surface area contributed by atoms with Crippen molar-refractivity contribution in [3.63, 3.8) is 0 Å². The van der Waals surface area contributed by atoms with Gasteiger partial charge < -0.3 is 5.73 Å². The molecule has 7 heavy (non-hydrogen) atoms. The van der Waals surface area contributed by atoms with Crippen molar-refractivity contribution >= 4 is 67.8 Å². The molecule has 0 aromatic carbocycles. The van der Waals surface area contributed by atoms with Crippen LogP contribution >= 0.6 is 67.8 Å². The van der Waals surface area contributed by atoms with Gasteiger partial charge in [0.15, 0.2) is 0 Å². The van der Waals surface area contributed by atoms with E-state index >= 15 is 0 Å². The lowest BCUT2D eigenvalue weighted by Crippen LogP contribution is -2.05. The van der Waals surface area contributed by atoms with Crippen molar-refractivity contribution in [2.24, 2.45) is 5.73 Å². The molecule has 0 aliphatic rings. The summed E-state index contributed by atoms with van der Waals surface area (Å²) in [5.41, 5.74) is 5.39. The number of nitrogens with two attached hydrogens (primary N) is 1. The predicted molar refractivity (Wildman–Crippen MR) is 58.1 cm³/mol. The fourth-order valence-electron chi connectivity index (χ4n) is 0.120. The maximum atomic E-state index is 5.39. The Morgan fingerprint density at radius 3 is 2.00 bits per heavy atom. The summed E-state index contributed by atoms with van der Waals surface area (Å²) >= 11 is 6.59. The highest BCUT2D eigenvalue weighted by Crippen LogP contribution is 2.15. The maximum Gasteiger partial charge on any atom is 0.0771 e. The van der Waals surface area contributed by atoms with Crippen LogP contribution < -0.4 is 5.73 Å². The highest BCUT2D eigenvalue weighted by atomic mass is 127. The topological polar surface area (TPSA) is 26.0 Å². The average Bonchev–Trinajstić information content (AvgIpc) is 1.27. The molecule has 0 bridgehead atoms. The number of hydrogen-bond donors (Lipinski definition) is 1. The molecule has 0 spiro atoms. The summed E-state index contributed by atoms with van der Waals surface area (Å²) in [5.74, 6) is 0. The molecular weight excluding hydrogens is 431 g/mol. The Hall–Kier alpha value is 1.89. The molecular formula is C3H4I3N. The van der Waals surface area contributed by atoms with Crippen molar-refractivity contribution < 1.29 is 0 Å². The van der Waals surface area contributed by atoms with E-state index in [-0.39, 0.29) is 4.05 Å². The van der Waals surface area contributed by atoms with Crippen molar-refractivity contribution in [3.8, 4) is 0 Å². The van der Waals surface area contributed by atoms with E-state index in [9.17, 15) is 0 Å². The van der Waals surface area contributed by atoms with Gasteiger partial charge in [-0.05, 0) is 51.3 Å². The summed E-state index contributed by atoms with van der Waals surface area (Å²) in [6, 6.07) is 0. The molecule has 4 heteroatoms. The van der Waals surface area contributed by atoms with Gasteiger partial charge in [-0.2, -0.15) is 0 Å². The van der Waals surface area contributed by atoms with E-state index in [0.717, 1.165) is 0 Å². The average molecular weight is 435 g/mol. The van der Waals surface area contributed by atoms with E-state index in [1.807, 2.05) is 6.08 Å². The molecule has 0 heterocycles. The number of rotatable bonds is 1. The Morgan fingerprint density at radius 2 is 2.00 bits per heavy atom.